The number of halogens is 1. The molecule has 2 N–H and O–H groups in total. The zero-order valence-corrected chi connectivity index (χ0v) is 12.5. The maximum Gasteiger partial charge on any atom is 0.190 e. The average molecular weight is 329 g/mol. The molecule has 0 bridgehead atoms. The van der Waals surface area contributed by atoms with Crippen molar-refractivity contribution >= 4 is 29.9 Å². The van der Waals surface area contributed by atoms with E-state index >= 15 is 0 Å². The quantitative estimate of drug-likeness (QED) is 0.336. The summed E-state index contributed by atoms with van der Waals surface area (Å²) in [5.41, 5.74) is 0. The lowest BCUT2D eigenvalue weighted by Gasteiger charge is -2.09. The van der Waals surface area contributed by atoms with Gasteiger partial charge < -0.3 is 15.4 Å². The Morgan fingerprint density at radius 1 is 1.40 bits per heavy atom. The Balaban J connectivity index is 0. The highest BCUT2D eigenvalue weighted by molar-refractivity contribution is 14.0. The minimum absolute atomic E-state index is 0. The third-order valence-electron chi connectivity index (χ3n) is 1.67. The fraction of sp³-hybridized carbons (Fsp3) is 0.900. The van der Waals surface area contributed by atoms with Crippen molar-refractivity contribution in [2.75, 3.05) is 33.9 Å². The van der Waals surface area contributed by atoms with E-state index < -0.39 is 0 Å². The summed E-state index contributed by atoms with van der Waals surface area (Å²) in [5.74, 6) is 1.45. The zero-order chi connectivity index (χ0) is 10.8. The predicted molar refractivity (Wildman–Crippen MR) is 76.1 cm³/mol. The first-order valence-corrected chi connectivity index (χ1v) is 5.16. The van der Waals surface area contributed by atoms with Gasteiger partial charge in [0.1, 0.15) is 0 Å². The van der Waals surface area contributed by atoms with Gasteiger partial charge in [-0.05, 0) is 12.3 Å². The van der Waals surface area contributed by atoms with E-state index in [9.17, 15) is 0 Å². The fourth-order valence-corrected chi connectivity index (χ4v) is 0.979. The van der Waals surface area contributed by atoms with Gasteiger partial charge in [-0.25, -0.2) is 0 Å². The maximum absolute atomic E-state index is 5.44. The number of nitrogens with zero attached hydrogens (tertiary/aromatic N) is 1. The molecule has 0 rings (SSSR count). The highest BCUT2D eigenvalue weighted by atomic mass is 127. The van der Waals surface area contributed by atoms with Gasteiger partial charge in [-0.3, -0.25) is 4.99 Å². The number of ether oxygens (including phenoxy) is 1. The summed E-state index contributed by atoms with van der Waals surface area (Å²) in [6.45, 7) is 6.86. The minimum atomic E-state index is 0. The molecule has 5 heteroatoms. The molecule has 15 heavy (non-hydrogen) atoms. The van der Waals surface area contributed by atoms with Gasteiger partial charge in [-0.15, -0.1) is 24.0 Å². The Morgan fingerprint density at radius 2 is 2.07 bits per heavy atom. The molecule has 4 nitrogen and oxygen atoms in total. The van der Waals surface area contributed by atoms with Gasteiger partial charge >= 0.3 is 0 Å². The fourth-order valence-electron chi connectivity index (χ4n) is 0.979. The van der Waals surface area contributed by atoms with Gasteiger partial charge in [-0.2, -0.15) is 0 Å². The topological polar surface area (TPSA) is 45.7 Å². The second-order valence-corrected chi connectivity index (χ2v) is 3.57. The Labute approximate surface area is 110 Å². The Kier molecular flexibility index (Phi) is 13.9. The molecule has 0 heterocycles. The van der Waals surface area contributed by atoms with E-state index in [0.29, 0.717) is 5.92 Å². The van der Waals surface area contributed by atoms with Crippen molar-refractivity contribution in [3.8, 4) is 0 Å². The molecular weight excluding hydrogens is 305 g/mol. The lowest BCUT2D eigenvalue weighted by Crippen LogP contribution is -2.35. The van der Waals surface area contributed by atoms with E-state index in [1.54, 1.807) is 7.05 Å². The van der Waals surface area contributed by atoms with E-state index in [4.69, 9.17) is 4.74 Å². The monoisotopic (exact) mass is 329 g/mol. The van der Waals surface area contributed by atoms with Crippen LogP contribution in [0.2, 0.25) is 0 Å². The van der Waals surface area contributed by atoms with E-state index in [1.807, 2.05) is 7.05 Å². The highest BCUT2D eigenvalue weighted by Gasteiger charge is 1.94. The second kappa shape index (κ2) is 12.0. The number of hydrogen-bond donors (Lipinski definition) is 2. The van der Waals surface area contributed by atoms with Gasteiger partial charge in [0.25, 0.3) is 0 Å². The van der Waals surface area contributed by atoms with E-state index in [2.05, 4.69) is 29.5 Å². The number of rotatable bonds is 6. The van der Waals surface area contributed by atoms with Crippen LogP contribution in [0.15, 0.2) is 4.99 Å². The van der Waals surface area contributed by atoms with Crippen LogP contribution in [-0.2, 0) is 4.74 Å². The molecule has 0 spiro atoms. The van der Waals surface area contributed by atoms with Gasteiger partial charge in [0, 0.05) is 33.9 Å². The molecule has 0 aromatic rings. The molecule has 0 aliphatic rings. The van der Waals surface area contributed by atoms with Crippen LogP contribution in [0.25, 0.3) is 0 Å². The number of nitrogens with one attached hydrogen (secondary N) is 2. The van der Waals surface area contributed by atoms with Crippen molar-refractivity contribution in [1.29, 1.82) is 0 Å². The second-order valence-electron chi connectivity index (χ2n) is 3.57. The minimum Gasteiger partial charge on any atom is -0.381 e. The first-order valence-electron chi connectivity index (χ1n) is 5.16. The van der Waals surface area contributed by atoms with Gasteiger partial charge in [0.2, 0.25) is 0 Å². The van der Waals surface area contributed by atoms with Crippen LogP contribution in [0.4, 0.5) is 0 Å². The molecule has 0 aromatic heterocycles. The van der Waals surface area contributed by atoms with Gasteiger partial charge in [0.05, 0.1) is 0 Å². The summed E-state index contributed by atoms with van der Waals surface area (Å²) in [7, 11) is 3.61. The first kappa shape index (κ1) is 17.4. The summed E-state index contributed by atoms with van der Waals surface area (Å²) < 4.78 is 5.44. The average Bonchev–Trinajstić information content (AvgIpc) is 2.16. The largest absolute Gasteiger partial charge is 0.381 e. The zero-order valence-electron chi connectivity index (χ0n) is 10.2. The lowest BCUT2D eigenvalue weighted by atomic mass is 10.2. The molecule has 0 amide bonds. The van der Waals surface area contributed by atoms with Crippen LogP contribution in [0.1, 0.15) is 20.3 Å². The normalized spacial score (nSPS) is 11.1. The van der Waals surface area contributed by atoms with Crippen LogP contribution in [0.5, 0.6) is 0 Å². The maximum atomic E-state index is 5.44. The molecule has 0 unspecified atom stereocenters. The first-order chi connectivity index (χ1) is 6.70. The molecule has 0 fully saturated rings. The number of guanidine groups is 1. The third kappa shape index (κ3) is 11.9. The molecule has 92 valence electrons. The van der Waals surface area contributed by atoms with Crippen LogP contribution in [0, 0.1) is 5.92 Å². The molecule has 0 radical (unpaired) electrons. The van der Waals surface area contributed by atoms with Crippen molar-refractivity contribution in [1.82, 2.24) is 10.6 Å². The molecule has 0 saturated carbocycles. The van der Waals surface area contributed by atoms with Crippen LogP contribution < -0.4 is 10.6 Å². The van der Waals surface area contributed by atoms with E-state index in [-0.39, 0.29) is 24.0 Å². The van der Waals surface area contributed by atoms with Crippen LogP contribution in [0.3, 0.4) is 0 Å². The lowest BCUT2D eigenvalue weighted by molar-refractivity contribution is 0.108. The summed E-state index contributed by atoms with van der Waals surface area (Å²) in [5, 5.41) is 6.13. The van der Waals surface area contributed by atoms with E-state index in [0.717, 1.165) is 32.1 Å². The summed E-state index contributed by atoms with van der Waals surface area (Å²) in [6.07, 6.45) is 1.01. The molecule has 0 atom stereocenters. The summed E-state index contributed by atoms with van der Waals surface area (Å²) >= 11 is 0. The molecule has 0 aromatic carbocycles. The Hall–Kier alpha value is -0.0400. The van der Waals surface area contributed by atoms with Gasteiger partial charge in [-0.1, -0.05) is 13.8 Å². The van der Waals surface area contributed by atoms with E-state index in [1.165, 1.54) is 0 Å². The SMILES string of the molecule is CN=C(NC)NCCCOCC(C)C.I. The number of aliphatic imine (C=N–C) groups is 1. The molecule has 0 aliphatic carbocycles. The Morgan fingerprint density at radius 3 is 2.53 bits per heavy atom. The summed E-state index contributed by atoms with van der Waals surface area (Å²) in [4.78, 5) is 4.01. The Bertz CT molecular complexity index is 163. The van der Waals surface area contributed by atoms with Crippen LogP contribution >= 0.6 is 24.0 Å². The van der Waals surface area contributed by atoms with Crippen molar-refractivity contribution < 1.29 is 4.74 Å². The molecular formula is C10H24IN3O. The van der Waals surface area contributed by atoms with Gasteiger partial charge in [0.15, 0.2) is 5.96 Å². The molecule has 0 aliphatic heterocycles. The summed E-state index contributed by atoms with van der Waals surface area (Å²) in [6, 6.07) is 0. The smallest absolute Gasteiger partial charge is 0.190 e. The predicted octanol–water partition coefficient (Wildman–Crippen LogP) is 1.46. The highest BCUT2D eigenvalue weighted by Crippen LogP contribution is 1.92. The molecule has 0 saturated heterocycles. The van der Waals surface area contributed by atoms with Crippen molar-refractivity contribution in [3.63, 3.8) is 0 Å². The standard InChI is InChI=1S/C10H23N3O.HI/c1-9(2)8-14-7-5-6-13-10(11-3)12-4;/h9H,5-8H2,1-4H3,(H2,11,12,13);1H. The van der Waals surface area contributed by atoms with Crippen molar-refractivity contribution in [2.24, 2.45) is 10.9 Å². The third-order valence-corrected chi connectivity index (χ3v) is 1.67. The number of hydrogen-bond acceptors (Lipinski definition) is 2. The van der Waals surface area contributed by atoms with Crippen molar-refractivity contribution in [3.05, 3.63) is 0 Å². The van der Waals surface area contributed by atoms with Crippen LogP contribution in [-0.4, -0.2) is 39.8 Å². The van der Waals surface area contributed by atoms with Crippen molar-refractivity contribution in [2.45, 2.75) is 20.3 Å².